The number of nitrogens with one attached hydrogen (secondary N) is 1. The molecule has 0 spiro atoms. The number of nitriles is 1. The topological polar surface area (TPSA) is 53.6 Å². The zero-order valence-corrected chi connectivity index (χ0v) is 12.5. The molecule has 1 atom stereocenters. The van der Waals surface area contributed by atoms with Crippen LogP contribution in [0.1, 0.15) is 31.9 Å². The molecule has 5 heteroatoms. The molecule has 1 aromatic rings. The Morgan fingerprint density at radius 1 is 1.61 bits per heavy atom. The smallest absolute Gasteiger partial charge is 0.106 e. The third-order valence-electron chi connectivity index (χ3n) is 3.25. The van der Waals surface area contributed by atoms with Gasteiger partial charge in [-0.05, 0) is 45.1 Å². The largest absolute Gasteiger partial charge is 0.302 e. The number of hydrogen-bond donors (Lipinski definition) is 1. The van der Waals surface area contributed by atoms with Crippen LogP contribution in [0, 0.1) is 18.3 Å². The zero-order valence-electron chi connectivity index (χ0n) is 11.7. The van der Waals surface area contributed by atoms with Crippen molar-refractivity contribution in [3.05, 3.63) is 11.8 Å². The summed E-state index contributed by atoms with van der Waals surface area (Å²) in [5.41, 5.74) is 0.693. The van der Waals surface area contributed by atoms with Crippen molar-refractivity contribution in [1.29, 1.82) is 5.26 Å². The molecule has 1 heterocycles. The second kappa shape index (κ2) is 6.81. The highest BCUT2D eigenvalue weighted by Crippen LogP contribution is 2.22. The Morgan fingerprint density at radius 2 is 2.33 bits per heavy atom. The highest BCUT2D eigenvalue weighted by atomic mass is 32.2. The minimum Gasteiger partial charge on any atom is -0.302 e. The molecule has 4 nitrogen and oxygen atoms in total. The van der Waals surface area contributed by atoms with E-state index in [0.717, 1.165) is 30.7 Å². The third kappa shape index (κ3) is 3.76. The molecule has 0 saturated heterocycles. The van der Waals surface area contributed by atoms with Crippen molar-refractivity contribution in [2.75, 3.05) is 12.8 Å². The fourth-order valence-electron chi connectivity index (χ4n) is 1.94. The van der Waals surface area contributed by atoms with Crippen LogP contribution in [0.4, 0.5) is 0 Å². The fourth-order valence-corrected chi connectivity index (χ4v) is 2.92. The van der Waals surface area contributed by atoms with Crippen LogP contribution in [0.2, 0.25) is 0 Å². The van der Waals surface area contributed by atoms with Crippen molar-refractivity contribution >= 4 is 11.8 Å². The van der Waals surface area contributed by atoms with Gasteiger partial charge in [-0.1, -0.05) is 6.92 Å². The van der Waals surface area contributed by atoms with Gasteiger partial charge in [0.1, 0.15) is 5.54 Å². The van der Waals surface area contributed by atoms with Gasteiger partial charge in [-0.15, -0.1) is 11.8 Å². The Kier molecular flexibility index (Phi) is 5.70. The number of aryl methyl sites for hydroxylation is 2. The van der Waals surface area contributed by atoms with Crippen LogP contribution in [0.25, 0.3) is 0 Å². The highest BCUT2D eigenvalue weighted by Gasteiger charge is 2.24. The van der Waals surface area contributed by atoms with Crippen LogP contribution in [-0.2, 0) is 7.05 Å². The average Bonchev–Trinajstić information content (AvgIpc) is 2.69. The number of thioether (sulfide) groups is 1. The summed E-state index contributed by atoms with van der Waals surface area (Å²) >= 11 is 1.80. The summed E-state index contributed by atoms with van der Waals surface area (Å²) < 4.78 is 1.91. The lowest BCUT2D eigenvalue weighted by Gasteiger charge is -2.24. The van der Waals surface area contributed by atoms with E-state index >= 15 is 0 Å². The number of rotatable bonds is 7. The van der Waals surface area contributed by atoms with Crippen molar-refractivity contribution in [2.24, 2.45) is 7.05 Å². The molecule has 0 aliphatic heterocycles. The predicted octanol–water partition coefficient (Wildman–Crippen LogP) is 2.49. The van der Waals surface area contributed by atoms with E-state index in [9.17, 15) is 5.26 Å². The van der Waals surface area contributed by atoms with E-state index in [2.05, 4.69) is 29.5 Å². The first kappa shape index (κ1) is 15.1. The van der Waals surface area contributed by atoms with E-state index in [1.807, 2.05) is 25.7 Å². The molecule has 0 fully saturated rings. The second-order valence-electron chi connectivity index (χ2n) is 4.50. The predicted molar refractivity (Wildman–Crippen MR) is 75.6 cm³/mol. The molecule has 1 unspecified atom stereocenters. The molecule has 0 bridgehead atoms. The monoisotopic (exact) mass is 266 g/mol. The van der Waals surface area contributed by atoms with E-state index in [-0.39, 0.29) is 5.54 Å². The summed E-state index contributed by atoms with van der Waals surface area (Å²) in [5.74, 6) is 1.02. The summed E-state index contributed by atoms with van der Waals surface area (Å²) in [7, 11) is 3.83. The molecule has 0 radical (unpaired) electrons. The van der Waals surface area contributed by atoms with Gasteiger partial charge in [0.05, 0.1) is 16.8 Å². The molecular weight excluding hydrogens is 244 g/mol. The molecule has 0 aromatic carbocycles. The van der Waals surface area contributed by atoms with E-state index < -0.39 is 0 Å². The Morgan fingerprint density at radius 3 is 2.78 bits per heavy atom. The summed E-state index contributed by atoms with van der Waals surface area (Å²) in [6, 6.07) is 4.49. The molecule has 18 heavy (non-hydrogen) atoms. The lowest BCUT2D eigenvalue weighted by atomic mass is 9.93. The van der Waals surface area contributed by atoms with Crippen molar-refractivity contribution in [3.8, 4) is 6.07 Å². The van der Waals surface area contributed by atoms with Crippen LogP contribution >= 0.6 is 11.8 Å². The van der Waals surface area contributed by atoms with Crippen LogP contribution in [0.15, 0.2) is 11.1 Å². The van der Waals surface area contributed by atoms with Gasteiger partial charge in [0.25, 0.3) is 0 Å². The normalized spacial score (nSPS) is 14.2. The van der Waals surface area contributed by atoms with Crippen LogP contribution in [0.3, 0.4) is 0 Å². The standard InChI is InChI=1S/C13H22N4S/c1-5-13(10-14,15-3)7-6-8-18-12-9-11(2)16-17(12)4/h9,15H,5-8H2,1-4H3. The molecule has 1 aromatic heterocycles. The average molecular weight is 266 g/mol. The SMILES string of the molecule is CCC(C#N)(CCCSc1cc(C)nn1C)NC. The van der Waals surface area contributed by atoms with Gasteiger partial charge < -0.3 is 5.32 Å². The molecule has 0 aliphatic carbocycles. The summed E-state index contributed by atoms with van der Waals surface area (Å²) in [4.78, 5) is 0. The van der Waals surface area contributed by atoms with Crippen molar-refractivity contribution < 1.29 is 0 Å². The van der Waals surface area contributed by atoms with Gasteiger partial charge in [0.15, 0.2) is 0 Å². The van der Waals surface area contributed by atoms with Gasteiger partial charge in [-0.3, -0.25) is 4.68 Å². The summed E-state index contributed by atoms with van der Waals surface area (Å²) in [6.45, 7) is 4.06. The minimum absolute atomic E-state index is 0.358. The third-order valence-corrected chi connectivity index (χ3v) is 4.42. The Hall–Kier alpha value is -0.990. The zero-order chi connectivity index (χ0) is 13.6. The maximum Gasteiger partial charge on any atom is 0.106 e. The van der Waals surface area contributed by atoms with E-state index in [1.165, 1.54) is 5.03 Å². The molecular formula is C13H22N4S. The van der Waals surface area contributed by atoms with Crippen LogP contribution in [-0.4, -0.2) is 28.1 Å². The number of aromatic nitrogens is 2. The van der Waals surface area contributed by atoms with E-state index in [1.54, 1.807) is 11.8 Å². The van der Waals surface area contributed by atoms with Crippen molar-refractivity contribution in [1.82, 2.24) is 15.1 Å². The number of hydrogen-bond acceptors (Lipinski definition) is 4. The maximum absolute atomic E-state index is 9.21. The quantitative estimate of drug-likeness (QED) is 0.608. The summed E-state index contributed by atoms with van der Waals surface area (Å²) in [5, 5.41) is 17.9. The number of nitrogens with zero attached hydrogens (tertiary/aromatic N) is 3. The van der Waals surface area contributed by atoms with Gasteiger partial charge in [-0.2, -0.15) is 10.4 Å². The summed E-state index contributed by atoms with van der Waals surface area (Å²) in [6.07, 6.45) is 2.76. The van der Waals surface area contributed by atoms with Gasteiger partial charge in [0, 0.05) is 7.05 Å². The molecule has 0 amide bonds. The lowest BCUT2D eigenvalue weighted by Crippen LogP contribution is -2.40. The first-order valence-corrected chi connectivity index (χ1v) is 7.29. The Balaban J connectivity index is 2.39. The van der Waals surface area contributed by atoms with E-state index in [0.29, 0.717) is 0 Å². The Labute approximate surface area is 114 Å². The van der Waals surface area contributed by atoms with Crippen LogP contribution in [0.5, 0.6) is 0 Å². The first-order valence-electron chi connectivity index (χ1n) is 6.30. The molecule has 100 valence electrons. The maximum atomic E-state index is 9.21. The molecule has 1 rings (SSSR count). The van der Waals surface area contributed by atoms with Crippen LogP contribution < -0.4 is 5.32 Å². The first-order chi connectivity index (χ1) is 8.56. The molecule has 1 N–H and O–H groups in total. The van der Waals surface area contributed by atoms with Gasteiger partial charge in [-0.25, -0.2) is 0 Å². The second-order valence-corrected chi connectivity index (χ2v) is 5.61. The minimum atomic E-state index is -0.358. The lowest BCUT2D eigenvalue weighted by molar-refractivity contribution is 0.400. The van der Waals surface area contributed by atoms with Crippen molar-refractivity contribution in [2.45, 2.75) is 43.7 Å². The van der Waals surface area contributed by atoms with E-state index in [4.69, 9.17) is 0 Å². The van der Waals surface area contributed by atoms with Crippen molar-refractivity contribution in [3.63, 3.8) is 0 Å². The molecule has 0 saturated carbocycles. The highest BCUT2D eigenvalue weighted by molar-refractivity contribution is 7.99. The fraction of sp³-hybridized carbons (Fsp3) is 0.692. The molecule has 0 aliphatic rings. The Bertz CT molecular complexity index is 415. The van der Waals surface area contributed by atoms with Gasteiger partial charge >= 0.3 is 0 Å². The van der Waals surface area contributed by atoms with Gasteiger partial charge in [0.2, 0.25) is 0 Å².